The lowest BCUT2D eigenvalue weighted by Gasteiger charge is -2.15. The van der Waals surface area contributed by atoms with Crippen molar-refractivity contribution in [2.75, 3.05) is 7.05 Å². The molecule has 6 heteroatoms. The van der Waals surface area contributed by atoms with Crippen molar-refractivity contribution in [3.8, 4) is 5.88 Å². The number of hydrogen-bond donors (Lipinski definition) is 1. The quantitative estimate of drug-likeness (QED) is 0.863. The minimum Gasteiger partial charge on any atom is -0.473 e. The van der Waals surface area contributed by atoms with Gasteiger partial charge in [-0.2, -0.15) is 5.10 Å². The summed E-state index contributed by atoms with van der Waals surface area (Å²) in [6, 6.07) is 6.80. The molecule has 23 heavy (non-hydrogen) atoms. The highest BCUT2D eigenvalue weighted by atomic mass is 35.5. The van der Waals surface area contributed by atoms with Crippen molar-refractivity contribution >= 4 is 11.6 Å². The number of hydrogen-bond acceptors (Lipinski definition) is 3. The Kier molecular flexibility index (Phi) is 5.18. The molecule has 0 aliphatic heterocycles. The van der Waals surface area contributed by atoms with Crippen LogP contribution in [0.15, 0.2) is 24.3 Å². The molecule has 0 saturated heterocycles. The highest BCUT2D eigenvalue weighted by Crippen LogP contribution is 2.33. The maximum Gasteiger partial charge on any atom is 0.212 e. The van der Waals surface area contributed by atoms with Crippen LogP contribution in [0.3, 0.4) is 0 Å². The molecule has 0 unspecified atom stereocenters. The molecule has 1 heterocycles. The van der Waals surface area contributed by atoms with E-state index in [4.69, 9.17) is 16.3 Å². The van der Waals surface area contributed by atoms with Gasteiger partial charge in [-0.15, -0.1) is 0 Å². The lowest BCUT2D eigenvalue weighted by atomic mass is 10.2. The first-order valence-corrected chi connectivity index (χ1v) is 8.35. The average Bonchev–Trinajstić information content (AvgIpc) is 3.18. The zero-order valence-electron chi connectivity index (χ0n) is 13.2. The molecule has 1 aliphatic rings. The van der Waals surface area contributed by atoms with Gasteiger partial charge in [0.15, 0.2) is 0 Å². The standard InChI is InChI=1S/C17H21ClFN3O/c1-20-10-14-9-17(22(21-14)15-4-2-3-5-15)23-11-12-8-13(18)6-7-16(12)19/h6-9,15,20H,2-5,10-11H2,1H3. The van der Waals surface area contributed by atoms with E-state index in [0.29, 0.717) is 29.1 Å². The molecule has 2 aromatic rings. The SMILES string of the molecule is CNCc1cc(OCc2cc(Cl)ccc2F)n(C2CCCC2)n1. The fourth-order valence-electron chi connectivity index (χ4n) is 3.02. The molecule has 0 spiro atoms. The predicted octanol–water partition coefficient (Wildman–Crippen LogP) is 4.09. The minimum atomic E-state index is -0.309. The number of benzene rings is 1. The molecule has 124 valence electrons. The molecule has 1 saturated carbocycles. The number of ether oxygens (including phenoxy) is 1. The van der Waals surface area contributed by atoms with Crippen LogP contribution in [0.5, 0.6) is 5.88 Å². The lowest BCUT2D eigenvalue weighted by molar-refractivity contribution is 0.255. The Morgan fingerprint density at radius 1 is 1.35 bits per heavy atom. The molecule has 0 bridgehead atoms. The molecule has 0 atom stereocenters. The summed E-state index contributed by atoms with van der Waals surface area (Å²) in [4.78, 5) is 0. The molecule has 1 fully saturated rings. The third-order valence-electron chi connectivity index (χ3n) is 4.16. The van der Waals surface area contributed by atoms with Gasteiger partial charge in [0, 0.05) is 23.2 Å². The summed E-state index contributed by atoms with van der Waals surface area (Å²) in [5.74, 6) is 0.387. The van der Waals surface area contributed by atoms with Crippen LogP contribution in [0.2, 0.25) is 5.02 Å². The number of aromatic nitrogens is 2. The minimum absolute atomic E-state index is 0.143. The van der Waals surface area contributed by atoms with E-state index < -0.39 is 0 Å². The van der Waals surface area contributed by atoms with Gasteiger partial charge in [-0.1, -0.05) is 24.4 Å². The normalized spacial score (nSPS) is 15.3. The summed E-state index contributed by atoms with van der Waals surface area (Å²) in [5.41, 5.74) is 1.38. The van der Waals surface area contributed by atoms with Crippen molar-refractivity contribution in [3.63, 3.8) is 0 Å². The number of halogens is 2. The first kappa shape index (κ1) is 16.3. The molecule has 1 N–H and O–H groups in total. The van der Waals surface area contributed by atoms with Gasteiger partial charge in [-0.25, -0.2) is 9.07 Å². The Hall–Kier alpha value is -1.59. The molecule has 4 nitrogen and oxygen atoms in total. The van der Waals surface area contributed by atoms with E-state index in [9.17, 15) is 4.39 Å². The van der Waals surface area contributed by atoms with E-state index in [1.54, 1.807) is 6.07 Å². The Morgan fingerprint density at radius 2 is 2.13 bits per heavy atom. The maximum absolute atomic E-state index is 13.8. The van der Waals surface area contributed by atoms with E-state index in [1.165, 1.54) is 25.0 Å². The van der Waals surface area contributed by atoms with Crippen LogP contribution in [-0.4, -0.2) is 16.8 Å². The van der Waals surface area contributed by atoms with Gasteiger partial charge < -0.3 is 10.1 Å². The fraction of sp³-hybridized carbons (Fsp3) is 0.471. The first-order chi connectivity index (χ1) is 11.2. The van der Waals surface area contributed by atoms with Crippen LogP contribution in [0, 0.1) is 5.82 Å². The van der Waals surface area contributed by atoms with E-state index in [0.717, 1.165) is 18.5 Å². The summed E-state index contributed by atoms with van der Waals surface area (Å²) in [5, 5.41) is 8.25. The summed E-state index contributed by atoms with van der Waals surface area (Å²) >= 11 is 5.93. The predicted molar refractivity (Wildman–Crippen MR) is 88.2 cm³/mol. The van der Waals surface area contributed by atoms with Crippen molar-refractivity contribution in [1.29, 1.82) is 0 Å². The smallest absolute Gasteiger partial charge is 0.212 e. The second kappa shape index (κ2) is 7.32. The van der Waals surface area contributed by atoms with E-state index >= 15 is 0 Å². The van der Waals surface area contributed by atoms with Gasteiger partial charge in [-0.05, 0) is 38.1 Å². The van der Waals surface area contributed by atoms with E-state index in [1.807, 2.05) is 17.8 Å². The van der Waals surface area contributed by atoms with Gasteiger partial charge >= 0.3 is 0 Å². The Balaban J connectivity index is 1.79. The van der Waals surface area contributed by atoms with Crippen molar-refractivity contribution in [3.05, 3.63) is 46.4 Å². The maximum atomic E-state index is 13.8. The van der Waals surface area contributed by atoms with Crippen LogP contribution in [-0.2, 0) is 13.2 Å². The highest BCUT2D eigenvalue weighted by Gasteiger charge is 2.22. The lowest BCUT2D eigenvalue weighted by Crippen LogP contribution is -2.11. The Labute approximate surface area is 140 Å². The molecular weight excluding hydrogens is 317 g/mol. The van der Waals surface area contributed by atoms with Gasteiger partial charge in [0.05, 0.1) is 11.7 Å². The fourth-order valence-corrected chi connectivity index (χ4v) is 3.21. The zero-order chi connectivity index (χ0) is 16.2. The third-order valence-corrected chi connectivity index (χ3v) is 4.40. The average molecular weight is 338 g/mol. The first-order valence-electron chi connectivity index (χ1n) is 7.97. The topological polar surface area (TPSA) is 39.1 Å². The monoisotopic (exact) mass is 337 g/mol. The molecule has 0 amide bonds. The molecule has 0 radical (unpaired) electrons. The van der Waals surface area contributed by atoms with E-state index in [2.05, 4.69) is 10.4 Å². The second-order valence-electron chi connectivity index (χ2n) is 5.91. The molecular formula is C17H21ClFN3O. The van der Waals surface area contributed by atoms with Crippen LogP contribution in [0.4, 0.5) is 4.39 Å². The van der Waals surface area contributed by atoms with Gasteiger partial charge in [-0.3, -0.25) is 0 Å². The van der Waals surface area contributed by atoms with Gasteiger partial charge in [0.2, 0.25) is 5.88 Å². The highest BCUT2D eigenvalue weighted by molar-refractivity contribution is 6.30. The Bertz CT molecular complexity index is 668. The number of nitrogens with zero attached hydrogens (tertiary/aromatic N) is 2. The molecule has 1 aromatic carbocycles. The summed E-state index contributed by atoms with van der Waals surface area (Å²) in [7, 11) is 1.89. The second-order valence-corrected chi connectivity index (χ2v) is 6.35. The largest absolute Gasteiger partial charge is 0.473 e. The van der Waals surface area contributed by atoms with Gasteiger partial charge in [0.1, 0.15) is 12.4 Å². The summed E-state index contributed by atoms with van der Waals surface area (Å²) < 4.78 is 21.7. The van der Waals surface area contributed by atoms with Crippen LogP contribution in [0.1, 0.15) is 43.0 Å². The molecule has 3 rings (SSSR count). The van der Waals surface area contributed by atoms with Crippen molar-refractivity contribution in [2.24, 2.45) is 0 Å². The zero-order valence-corrected chi connectivity index (χ0v) is 13.9. The van der Waals surface area contributed by atoms with Crippen molar-refractivity contribution < 1.29 is 9.13 Å². The van der Waals surface area contributed by atoms with Crippen LogP contribution < -0.4 is 10.1 Å². The molecule has 1 aliphatic carbocycles. The van der Waals surface area contributed by atoms with Crippen LogP contribution >= 0.6 is 11.6 Å². The number of rotatable bonds is 6. The van der Waals surface area contributed by atoms with Crippen LogP contribution in [0.25, 0.3) is 0 Å². The summed E-state index contributed by atoms with van der Waals surface area (Å²) in [6.07, 6.45) is 4.66. The van der Waals surface area contributed by atoms with Crippen molar-refractivity contribution in [2.45, 2.75) is 44.9 Å². The number of nitrogens with one attached hydrogen (secondary N) is 1. The van der Waals surface area contributed by atoms with E-state index in [-0.39, 0.29) is 12.4 Å². The van der Waals surface area contributed by atoms with Gasteiger partial charge in [0.25, 0.3) is 0 Å². The third kappa shape index (κ3) is 3.85. The van der Waals surface area contributed by atoms with Crippen molar-refractivity contribution in [1.82, 2.24) is 15.1 Å². The Morgan fingerprint density at radius 3 is 2.87 bits per heavy atom. The summed E-state index contributed by atoms with van der Waals surface area (Å²) in [6.45, 7) is 0.825. The molecule has 1 aromatic heterocycles.